The molecule has 0 radical (unpaired) electrons. The molecule has 0 saturated carbocycles. The maximum absolute atomic E-state index is 12.7. The minimum Gasteiger partial charge on any atom is -0.364 e. The van der Waals surface area contributed by atoms with Crippen LogP contribution in [0.2, 0.25) is 0 Å². The molecule has 0 amide bonds. The Morgan fingerprint density at radius 3 is 2.57 bits per heavy atom. The van der Waals surface area contributed by atoms with Crippen LogP contribution in [0.25, 0.3) is 32.8 Å². The summed E-state index contributed by atoms with van der Waals surface area (Å²) in [5.74, 6) is 0. The van der Waals surface area contributed by atoms with Gasteiger partial charge in [-0.05, 0) is 40.2 Å². The monoisotopic (exact) mass is 386 g/mol. The molecule has 0 unspecified atom stereocenters. The minimum atomic E-state index is -0.105. The number of hydrazone groups is 1. The van der Waals surface area contributed by atoms with Crippen LogP contribution in [0.3, 0.4) is 0 Å². The maximum atomic E-state index is 12.7. The van der Waals surface area contributed by atoms with Crippen molar-refractivity contribution in [3.05, 3.63) is 82.6 Å². The van der Waals surface area contributed by atoms with Gasteiger partial charge in [0.2, 0.25) is 0 Å². The van der Waals surface area contributed by atoms with Gasteiger partial charge in [0.25, 0.3) is 5.56 Å². The second-order valence-corrected chi connectivity index (χ2v) is 6.74. The van der Waals surface area contributed by atoms with E-state index in [0.717, 1.165) is 32.8 Å². The molecule has 4 rings (SSSR count). The standard InChI is InChI=1S/C22H18N4OS/c1-23-22(28)26-24-13-14-6-8-16(9-7-14)19-12-17-11-10-15-4-2-3-5-18(15)20(17)25-21(19)27/h2-13H,1H3,(H,25,27)(H2,23,26,28). The third kappa shape index (κ3) is 3.50. The van der Waals surface area contributed by atoms with Crippen molar-refractivity contribution in [1.29, 1.82) is 0 Å². The Morgan fingerprint density at radius 2 is 1.79 bits per heavy atom. The molecule has 4 aromatic rings. The van der Waals surface area contributed by atoms with Crippen LogP contribution in [0, 0.1) is 0 Å². The lowest BCUT2D eigenvalue weighted by Crippen LogP contribution is -2.28. The zero-order valence-corrected chi connectivity index (χ0v) is 16.0. The van der Waals surface area contributed by atoms with E-state index < -0.39 is 0 Å². The van der Waals surface area contributed by atoms with Crippen LogP contribution in [-0.4, -0.2) is 23.4 Å². The highest BCUT2D eigenvalue weighted by atomic mass is 32.1. The number of benzene rings is 3. The number of rotatable bonds is 3. The first-order valence-corrected chi connectivity index (χ1v) is 9.22. The summed E-state index contributed by atoms with van der Waals surface area (Å²) in [7, 11) is 1.73. The fraction of sp³-hybridized carbons (Fsp3) is 0.0455. The van der Waals surface area contributed by atoms with Crippen LogP contribution >= 0.6 is 12.2 Å². The number of nitrogens with one attached hydrogen (secondary N) is 3. The maximum Gasteiger partial charge on any atom is 0.256 e. The first-order chi connectivity index (χ1) is 13.7. The number of hydrogen-bond acceptors (Lipinski definition) is 3. The van der Waals surface area contributed by atoms with Crippen molar-refractivity contribution in [2.24, 2.45) is 5.10 Å². The molecule has 5 nitrogen and oxygen atoms in total. The van der Waals surface area contributed by atoms with Gasteiger partial charge in [0.15, 0.2) is 5.11 Å². The number of aromatic nitrogens is 1. The van der Waals surface area contributed by atoms with E-state index in [9.17, 15) is 4.79 Å². The van der Waals surface area contributed by atoms with Gasteiger partial charge in [-0.3, -0.25) is 10.2 Å². The van der Waals surface area contributed by atoms with Gasteiger partial charge in [0, 0.05) is 18.0 Å². The summed E-state index contributed by atoms with van der Waals surface area (Å²) in [6.45, 7) is 0. The lowest BCUT2D eigenvalue weighted by molar-refractivity contribution is 0.982. The number of H-pyrrole nitrogens is 1. The molecule has 3 aromatic carbocycles. The number of fused-ring (bicyclic) bond motifs is 3. The first-order valence-electron chi connectivity index (χ1n) is 8.82. The molecule has 0 bridgehead atoms. The van der Waals surface area contributed by atoms with E-state index in [0.29, 0.717) is 10.7 Å². The molecular weight excluding hydrogens is 368 g/mol. The molecule has 0 atom stereocenters. The van der Waals surface area contributed by atoms with Crippen LogP contribution in [0.1, 0.15) is 5.56 Å². The molecule has 1 aromatic heterocycles. The predicted molar refractivity (Wildman–Crippen MR) is 120 cm³/mol. The first kappa shape index (κ1) is 17.9. The van der Waals surface area contributed by atoms with Crippen molar-refractivity contribution in [1.82, 2.24) is 15.7 Å². The summed E-state index contributed by atoms with van der Waals surface area (Å²) in [4.78, 5) is 15.8. The molecule has 1 heterocycles. The van der Waals surface area contributed by atoms with E-state index in [-0.39, 0.29) is 5.56 Å². The van der Waals surface area contributed by atoms with E-state index in [1.165, 1.54) is 0 Å². The number of nitrogens with zero attached hydrogens (tertiary/aromatic N) is 1. The summed E-state index contributed by atoms with van der Waals surface area (Å²) in [6, 6.07) is 21.7. The highest BCUT2D eigenvalue weighted by Crippen LogP contribution is 2.25. The molecule has 0 saturated heterocycles. The molecule has 0 aliphatic rings. The minimum absolute atomic E-state index is 0.105. The third-order valence-corrected chi connectivity index (χ3v) is 4.87. The van der Waals surface area contributed by atoms with Gasteiger partial charge < -0.3 is 10.3 Å². The Bertz CT molecular complexity index is 1260. The Balaban J connectivity index is 1.69. The van der Waals surface area contributed by atoms with Gasteiger partial charge in [-0.15, -0.1) is 0 Å². The van der Waals surface area contributed by atoms with Gasteiger partial charge in [-0.25, -0.2) is 0 Å². The van der Waals surface area contributed by atoms with Crippen LogP contribution in [0.15, 0.2) is 76.6 Å². The van der Waals surface area contributed by atoms with Gasteiger partial charge in [0.1, 0.15) is 0 Å². The van der Waals surface area contributed by atoms with E-state index in [4.69, 9.17) is 12.2 Å². The lowest BCUT2D eigenvalue weighted by atomic mass is 10.0. The molecule has 3 N–H and O–H groups in total. The zero-order chi connectivity index (χ0) is 19.5. The van der Waals surface area contributed by atoms with Gasteiger partial charge in [-0.2, -0.15) is 5.10 Å². The van der Waals surface area contributed by atoms with Crippen molar-refractivity contribution < 1.29 is 0 Å². The van der Waals surface area contributed by atoms with E-state index >= 15 is 0 Å². The van der Waals surface area contributed by atoms with Crippen molar-refractivity contribution >= 4 is 45.2 Å². The normalized spacial score (nSPS) is 11.2. The fourth-order valence-electron chi connectivity index (χ4n) is 3.13. The van der Waals surface area contributed by atoms with E-state index in [2.05, 4.69) is 26.9 Å². The average Bonchev–Trinajstić information content (AvgIpc) is 2.73. The second-order valence-electron chi connectivity index (χ2n) is 6.33. The van der Waals surface area contributed by atoms with Crippen LogP contribution in [0.4, 0.5) is 0 Å². The van der Waals surface area contributed by atoms with Crippen molar-refractivity contribution in [3.8, 4) is 11.1 Å². The van der Waals surface area contributed by atoms with Crippen LogP contribution in [-0.2, 0) is 0 Å². The van der Waals surface area contributed by atoms with E-state index in [1.54, 1.807) is 13.3 Å². The number of hydrogen-bond donors (Lipinski definition) is 3. The molecule has 0 aliphatic carbocycles. The van der Waals surface area contributed by atoms with Crippen molar-refractivity contribution in [3.63, 3.8) is 0 Å². The SMILES string of the molecule is CNC(=S)NN=Cc1ccc(-c2cc3ccc4ccccc4c3[nH]c2=O)cc1. The Morgan fingerprint density at radius 1 is 1.04 bits per heavy atom. The summed E-state index contributed by atoms with van der Waals surface area (Å²) in [6.07, 6.45) is 1.67. The molecule has 28 heavy (non-hydrogen) atoms. The highest BCUT2D eigenvalue weighted by Gasteiger charge is 2.08. The molecule has 0 aliphatic heterocycles. The highest BCUT2D eigenvalue weighted by molar-refractivity contribution is 7.80. The zero-order valence-electron chi connectivity index (χ0n) is 15.2. The van der Waals surface area contributed by atoms with Gasteiger partial charge in [0.05, 0.1) is 11.7 Å². The Kier molecular flexibility index (Phi) is 4.87. The Hall–Kier alpha value is -3.51. The number of thiocarbonyl (C=S) groups is 1. The van der Waals surface area contributed by atoms with Crippen LogP contribution in [0.5, 0.6) is 0 Å². The largest absolute Gasteiger partial charge is 0.364 e. The molecule has 138 valence electrons. The number of aromatic amines is 1. The fourth-order valence-corrected chi connectivity index (χ4v) is 3.19. The summed E-state index contributed by atoms with van der Waals surface area (Å²) >= 11 is 4.96. The average molecular weight is 386 g/mol. The summed E-state index contributed by atoms with van der Waals surface area (Å²) < 4.78 is 0. The van der Waals surface area contributed by atoms with Gasteiger partial charge in [-0.1, -0.05) is 60.7 Å². The summed E-state index contributed by atoms with van der Waals surface area (Å²) in [5.41, 5.74) is 5.86. The lowest BCUT2D eigenvalue weighted by Gasteiger charge is -2.07. The topological polar surface area (TPSA) is 69.3 Å². The Labute approximate surface area is 167 Å². The number of pyridine rings is 1. The van der Waals surface area contributed by atoms with Crippen molar-refractivity contribution in [2.45, 2.75) is 0 Å². The predicted octanol–water partition coefficient (Wildman–Crippen LogP) is 3.78. The molecule has 0 spiro atoms. The van der Waals surface area contributed by atoms with Crippen molar-refractivity contribution in [2.75, 3.05) is 7.05 Å². The third-order valence-electron chi connectivity index (χ3n) is 4.57. The molecular formula is C22H18N4OS. The van der Waals surface area contributed by atoms with E-state index in [1.807, 2.05) is 60.7 Å². The van der Waals surface area contributed by atoms with Crippen LogP contribution < -0.4 is 16.3 Å². The van der Waals surface area contributed by atoms with Gasteiger partial charge >= 0.3 is 0 Å². The molecule has 0 fully saturated rings. The second kappa shape index (κ2) is 7.62. The smallest absolute Gasteiger partial charge is 0.256 e. The summed E-state index contributed by atoms with van der Waals surface area (Å²) in [5, 5.41) is 10.4. The quantitative estimate of drug-likeness (QED) is 0.217. The molecule has 6 heteroatoms.